The Balaban J connectivity index is 2.23. The highest BCUT2D eigenvalue weighted by molar-refractivity contribution is 5.97. The normalized spacial score (nSPS) is 16.7. The fraction of sp³-hybridized carbons (Fsp3) is 0.500. The van der Waals surface area contributed by atoms with Gasteiger partial charge in [-0.3, -0.25) is 4.79 Å². The summed E-state index contributed by atoms with van der Waals surface area (Å²) in [7, 11) is 0. The van der Waals surface area contributed by atoms with E-state index in [1.54, 1.807) is 0 Å². The van der Waals surface area contributed by atoms with E-state index in [2.05, 4.69) is 5.32 Å². The van der Waals surface area contributed by atoms with Crippen LogP contribution in [0.15, 0.2) is 18.2 Å². The van der Waals surface area contributed by atoms with Crippen molar-refractivity contribution in [2.45, 2.75) is 20.3 Å². The number of aryl methyl sites for hydroxylation is 2. The predicted octanol–water partition coefficient (Wildman–Crippen LogP) is 1.74. The lowest BCUT2D eigenvalue weighted by Crippen LogP contribution is -2.35. The van der Waals surface area contributed by atoms with Crippen LogP contribution in [0.5, 0.6) is 0 Å². The average Bonchev–Trinajstić information content (AvgIpc) is 2.57. The summed E-state index contributed by atoms with van der Waals surface area (Å²) in [4.78, 5) is 14.5. The molecule has 0 spiro atoms. The monoisotopic (exact) mass is 232 g/mol. The van der Waals surface area contributed by atoms with Crippen molar-refractivity contribution < 1.29 is 4.79 Å². The molecule has 1 aromatic carbocycles. The number of nitrogens with zero attached hydrogens (tertiary/aromatic N) is 1. The molecule has 1 amide bonds. The predicted molar refractivity (Wildman–Crippen MR) is 69.3 cm³/mol. The third-order valence-corrected chi connectivity index (χ3v) is 3.32. The van der Waals surface area contributed by atoms with E-state index in [0.717, 1.165) is 49.3 Å². The Morgan fingerprint density at radius 1 is 1.18 bits per heavy atom. The molecule has 0 unspecified atom stereocenters. The van der Waals surface area contributed by atoms with Gasteiger partial charge in [0.25, 0.3) is 5.91 Å². The molecule has 17 heavy (non-hydrogen) atoms. The van der Waals surface area contributed by atoms with E-state index in [1.165, 1.54) is 0 Å². The van der Waals surface area contributed by atoms with Gasteiger partial charge in [0.2, 0.25) is 0 Å². The second-order valence-electron chi connectivity index (χ2n) is 4.66. The van der Waals surface area contributed by atoms with Gasteiger partial charge in [-0.05, 0) is 37.9 Å². The van der Waals surface area contributed by atoms with Crippen molar-refractivity contribution in [2.24, 2.45) is 0 Å². The molecule has 0 atom stereocenters. The lowest BCUT2D eigenvalue weighted by molar-refractivity contribution is 0.0765. The van der Waals surface area contributed by atoms with Crippen LogP contribution in [0.25, 0.3) is 0 Å². The Hall–Kier alpha value is -1.35. The van der Waals surface area contributed by atoms with Gasteiger partial charge in [0.1, 0.15) is 0 Å². The zero-order valence-corrected chi connectivity index (χ0v) is 10.6. The van der Waals surface area contributed by atoms with Gasteiger partial charge in [0.05, 0.1) is 0 Å². The SMILES string of the molecule is Cc1cccc(C)c1C(=O)N1CCCNCC1. The Labute approximate surface area is 103 Å². The molecule has 1 heterocycles. The molecular weight excluding hydrogens is 212 g/mol. The van der Waals surface area contributed by atoms with Crippen LogP contribution in [0.3, 0.4) is 0 Å². The molecule has 3 heteroatoms. The van der Waals surface area contributed by atoms with Gasteiger partial charge in [-0.2, -0.15) is 0 Å². The van der Waals surface area contributed by atoms with Gasteiger partial charge in [-0.25, -0.2) is 0 Å². The van der Waals surface area contributed by atoms with Crippen LogP contribution in [0.1, 0.15) is 27.9 Å². The van der Waals surface area contributed by atoms with Crippen molar-refractivity contribution >= 4 is 5.91 Å². The summed E-state index contributed by atoms with van der Waals surface area (Å²) in [5.74, 6) is 0.185. The average molecular weight is 232 g/mol. The first-order valence-electron chi connectivity index (χ1n) is 6.26. The van der Waals surface area contributed by atoms with Crippen LogP contribution in [-0.2, 0) is 0 Å². The molecule has 2 rings (SSSR count). The fourth-order valence-electron chi connectivity index (χ4n) is 2.36. The summed E-state index contributed by atoms with van der Waals surface area (Å²) in [6, 6.07) is 6.03. The standard InChI is InChI=1S/C14H20N2O/c1-11-5-3-6-12(2)13(11)14(17)16-9-4-7-15-8-10-16/h3,5-6,15H,4,7-10H2,1-2H3. The molecule has 1 aliphatic rings. The van der Waals surface area contributed by atoms with E-state index in [0.29, 0.717) is 0 Å². The minimum Gasteiger partial charge on any atom is -0.337 e. The minimum atomic E-state index is 0.185. The van der Waals surface area contributed by atoms with Gasteiger partial charge in [0.15, 0.2) is 0 Å². The van der Waals surface area contributed by atoms with Gasteiger partial charge in [0, 0.05) is 25.2 Å². The van der Waals surface area contributed by atoms with Gasteiger partial charge >= 0.3 is 0 Å². The highest BCUT2D eigenvalue weighted by Gasteiger charge is 2.19. The van der Waals surface area contributed by atoms with E-state index in [-0.39, 0.29) is 5.91 Å². The molecule has 1 aromatic rings. The largest absolute Gasteiger partial charge is 0.337 e. The zero-order valence-electron chi connectivity index (χ0n) is 10.6. The molecule has 0 saturated carbocycles. The van der Waals surface area contributed by atoms with Crippen LogP contribution < -0.4 is 5.32 Å². The van der Waals surface area contributed by atoms with Crippen LogP contribution in [0, 0.1) is 13.8 Å². The van der Waals surface area contributed by atoms with E-state index >= 15 is 0 Å². The number of nitrogens with one attached hydrogen (secondary N) is 1. The van der Waals surface area contributed by atoms with Crippen LogP contribution >= 0.6 is 0 Å². The third kappa shape index (κ3) is 2.67. The molecular formula is C14H20N2O. The van der Waals surface area contributed by atoms with E-state index in [4.69, 9.17) is 0 Å². The van der Waals surface area contributed by atoms with Crippen molar-refractivity contribution in [1.29, 1.82) is 0 Å². The topological polar surface area (TPSA) is 32.3 Å². The maximum atomic E-state index is 12.5. The van der Waals surface area contributed by atoms with E-state index in [9.17, 15) is 4.79 Å². The second kappa shape index (κ2) is 5.32. The molecule has 92 valence electrons. The number of carbonyl (C=O) groups is 1. The Morgan fingerprint density at radius 3 is 2.59 bits per heavy atom. The van der Waals surface area contributed by atoms with E-state index in [1.807, 2.05) is 36.9 Å². The summed E-state index contributed by atoms with van der Waals surface area (Å²) in [6.45, 7) is 7.60. The van der Waals surface area contributed by atoms with Crippen molar-refractivity contribution in [3.8, 4) is 0 Å². The first-order chi connectivity index (χ1) is 8.20. The van der Waals surface area contributed by atoms with Gasteiger partial charge < -0.3 is 10.2 Å². The van der Waals surface area contributed by atoms with Crippen molar-refractivity contribution in [2.75, 3.05) is 26.2 Å². The third-order valence-electron chi connectivity index (χ3n) is 3.32. The first-order valence-corrected chi connectivity index (χ1v) is 6.26. The second-order valence-corrected chi connectivity index (χ2v) is 4.66. The van der Waals surface area contributed by atoms with E-state index < -0.39 is 0 Å². The molecule has 1 N–H and O–H groups in total. The molecule has 0 bridgehead atoms. The summed E-state index contributed by atoms with van der Waals surface area (Å²) in [5, 5.41) is 3.32. The molecule has 0 radical (unpaired) electrons. The van der Waals surface area contributed by atoms with Gasteiger partial charge in [-0.15, -0.1) is 0 Å². The van der Waals surface area contributed by atoms with Gasteiger partial charge in [-0.1, -0.05) is 18.2 Å². The molecule has 0 aromatic heterocycles. The molecule has 1 aliphatic heterocycles. The maximum Gasteiger partial charge on any atom is 0.254 e. The fourth-order valence-corrected chi connectivity index (χ4v) is 2.36. The number of hydrogen-bond donors (Lipinski definition) is 1. The van der Waals surface area contributed by atoms with Crippen molar-refractivity contribution in [3.63, 3.8) is 0 Å². The summed E-state index contributed by atoms with van der Waals surface area (Å²) < 4.78 is 0. The van der Waals surface area contributed by atoms with Crippen molar-refractivity contribution in [3.05, 3.63) is 34.9 Å². The van der Waals surface area contributed by atoms with Crippen molar-refractivity contribution in [1.82, 2.24) is 10.2 Å². The highest BCUT2D eigenvalue weighted by atomic mass is 16.2. The minimum absolute atomic E-state index is 0.185. The Bertz CT molecular complexity index is 386. The summed E-state index contributed by atoms with van der Waals surface area (Å²) >= 11 is 0. The lowest BCUT2D eigenvalue weighted by Gasteiger charge is -2.22. The smallest absolute Gasteiger partial charge is 0.254 e. The molecule has 1 saturated heterocycles. The maximum absolute atomic E-state index is 12.5. The molecule has 3 nitrogen and oxygen atoms in total. The zero-order chi connectivity index (χ0) is 12.3. The Kier molecular flexibility index (Phi) is 3.79. The molecule has 0 aliphatic carbocycles. The number of amides is 1. The number of benzene rings is 1. The Morgan fingerprint density at radius 2 is 1.88 bits per heavy atom. The van der Waals surface area contributed by atoms with Crippen LogP contribution in [0.4, 0.5) is 0 Å². The van der Waals surface area contributed by atoms with Crippen LogP contribution in [0.2, 0.25) is 0 Å². The molecule has 1 fully saturated rings. The number of rotatable bonds is 1. The summed E-state index contributed by atoms with van der Waals surface area (Å²) in [5.41, 5.74) is 3.04. The highest BCUT2D eigenvalue weighted by Crippen LogP contribution is 2.16. The van der Waals surface area contributed by atoms with Crippen LogP contribution in [-0.4, -0.2) is 37.0 Å². The number of hydrogen-bond acceptors (Lipinski definition) is 2. The quantitative estimate of drug-likeness (QED) is 0.800. The first kappa shape index (κ1) is 12.1. The lowest BCUT2D eigenvalue weighted by atomic mass is 10.0. The number of carbonyl (C=O) groups excluding carboxylic acids is 1. The summed E-state index contributed by atoms with van der Waals surface area (Å²) in [6.07, 6.45) is 1.04.